The van der Waals surface area contributed by atoms with E-state index in [0.29, 0.717) is 34.8 Å². The Morgan fingerprint density at radius 3 is 2.82 bits per heavy atom. The summed E-state index contributed by atoms with van der Waals surface area (Å²) < 4.78 is 5.99. The number of halogens is 1. The first-order valence-corrected chi connectivity index (χ1v) is 9.10. The number of amides is 1. The molecule has 3 aromatic rings. The van der Waals surface area contributed by atoms with Crippen molar-refractivity contribution in [1.29, 1.82) is 0 Å². The van der Waals surface area contributed by atoms with Crippen LogP contribution in [0.5, 0.6) is 11.5 Å². The van der Waals surface area contributed by atoms with Crippen LogP contribution < -0.4 is 10.1 Å². The summed E-state index contributed by atoms with van der Waals surface area (Å²) >= 11 is 5.99. The lowest BCUT2D eigenvalue weighted by molar-refractivity contribution is -0.129. The maximum Gasteiger partial charge on any atom is 0.219 e. The number of nitrogens with one attached hydrogen (secondary N) is 1. The fraction of sp³-hybridized carbons (Fsp3) is 0.250. The molecule has 1 atom stereocenters. The van der Waals surface area contributed by atoms with Gasteiger partial charge in [0.15, 0.2) is 0 Å². The summed E-state index contributed by atoms with van der Waals surface area (Å²) in [5.74, 6) is 1.14. The van der Waals surface area contributed by atoms with Crippen LogP contribution in [0.2, 0.25) is 5.02 Å². The summed E-state index contributed by atoms with van der Waals surface area (Å²) in [7, 11) is 1.74. The van der Waals surface area contributed by atoms with Crippen molar-refractivity contribution in [3.63, 3.8) is 0 Å². The van der Waals surface area contributed by atoms with Crippen molar-refractivity contribution in [2.24, 2.45) is 0 Å². The number of carbonyl (C=O) groups is 1. The van der Waals surface area contributed by atoms with E-state index in [0.717, 1.165) is 0 Å². The average Bonchev–Trinajstić information content (AvgIpc) is 2.68. The number of hydrogen-bond donors (Lipinski definition) is 2. The number of rotatable bonds is 6. The van der Waals surface area contributed by atoms with Gasteiger partial charge >= 0.3 is 0 Å². The van der Waals surface area contributed by atoms with Crippen molar-refractivity contribution >= 4 is 39.9 Å². The zero-order chi connectivity index (χ0) is 20.3. The van der Waals surface area contributed by atoms with Crippen LogP contribution in [0.25, 0.3) is 10.9 Å². The van der Waals surface area contributed by atoms with E-state index in [2.05, 4.69) is 15.3 Å². The normalized spacial score (nSPS) is 11.9. The fourth-order valence-corrected chi connectivity index (χ4v) is 2.83. The van der Waals surface area contributed by atoms with Crippen LogP contribution in [0.1, 0.15) is 13.8 Å². The van der Waals surface area contributed by atoms with E-state index in [1.165, 1.54) is 19.3 Å². The number of nitrogens with zero attached hydrogens (tertiary/aromatic N) is 3. The Kier molecular flexibility index (Phi) is 5.84. The van der Waals surface area contributed by atoms with Gasteiger partial charge in [0.25, 0.3) is 0 Å². The molecule has 0 aliphatic rings. The SMILES string of the molecule is CC(=O)N(C)[C@H](C)COc1cccc2ncnc(Nc3ccc(O)c(Cl)c3)c12. The van der Waals surface area contributed by atoms with Crippen LogP contribution in [0.15, 0.2) is 42.7 Å². The molecule has 0 aliphatic heterocycles. The summed E-state index contributed by atoms with van der Waals surface area (Å²) in [5.41, 5.74) is 1.38. The van der Waals surface area contributed by atoms with Gasteiger partial charge in [-0.25, -0.2) is 9.97 Å². The maximum atomic E-state index is 11.5. The van der Waals surface area contributed by atoms with Gasteiger partial charge in [-0.1, -0.05) is 17.7 Å². The molecule has 0 saturated heterocycles. The minimum Gasteiger partial charge on any atom is -0.506 e. The second-order valence-electron chi connectivity index (χ2n) is 6.45. The largest absolute Gasteiger partial charge is 0.506 e. The predicted molar refractivity (Wildman–Crippen MR) is 109 cm³/mol. The molecular weight excluding hydrogens is 380 g/mol. The quantitative estimate of drug-likeness (QED) is 0.608. The summed E-state index contributed by atoms with van der Waals surface area (Å²) in [4.78, 5) is 21.8. The summed E-state index contributed by atoms with van der Waals surface area (Å²) in [5, 5.41) is 13.7. The molecule has 1 heterocycles. The molecule has 0 fully saturated rings. The molecule has 0 saturated carbocycles. The lowest BCUT2D eigenvalue weighted by atomic mass is 10.2. The van der Waals surface area contributed by atoms with Crippen molar-refractivity contribution in [2.75, 3.05) is 19.0 Å². The second-order valence-corrected chi connectivity index (χ2v) is 6.86. The molecule has 146 valence electrons. The Balaban J connectivity index is 1.91. The number of likely N-dealkylation sites (N-methyl/N-ethyl adjacent to an activating group) is 1. The van der Waals surface area contributed by atoms with E-state index in [1.54, 1.807) is 24.1 Å². The highest BCUT2D eigenvalue weighted by atomic mass is 35.5. The number of anilines is 2. The van der Waals surface area contributed by atoms with Gasteiger partial charge in [0, 0.05) is 19.7 Å². The number of phenols is 1. The lowest BCUT2D eigenvalue weighted by Crippen LogP contribution is -2.37. The molecule has 0 radical (unpaired) electrons. The number of fused-ring (bicyclic) bond motifs is 1. The average molecular weight is 401 g/mol. The number of benzene rings is 2. The third kappa shape index (κ3) is 4.26. The molecule has 8 heteroatoms. The second kappa shape index (κ2) is 8.31. The van der Waals surface area contributed by atoms with Crippen LogP contribution in [0.3, 0.4) is 0 Å². The number of aromatic hydroxyl groups is 1. The van der Waals surface area contributed by atoms with Crippen molar-refractivity contribution in [1.82, 2.24) is 14.9 Å². The van der Waals surface area contributed by atoms with Gasteiger partial charge in [-0.15, -0.1) is 0 Å². The first-order valence-electron chi connectivity index (χ1n) is 8.72. The van der Waals surface area contributed by atoms with Gasteiger partial charge in [-0.05, 0) is 37.3 Å². The predicted octanol–water partition coefficient (Wildman–Crippen LogP) is 3.98. The molecule has 0 bridgehead atoms. The standard InChI is InChI=1S/C20H21ClN4O3/c1-12(25(3)13(2)26)10-28-18-6-4-5-16-19(18)20(23-11-22-16)24-14-7-8-17(27)15(21)9-14/h4-9,11-12,27H,10H2,1-3H3,(H,22,23,24)/t12-/m1/s1. The van der Waals surface area contributed by atoms with Crippen LogP contribution >= 0.6 is 11.6 Å². The zero-order valence-corrected chi connectivity index (χ0v) is 16.6. The van der Waals surface area contributed by atoms with Gasteiger partial charge in [0.05, 0.1) is 22.0 Å². The highest BCUT2D eigenvalue weighted by Crippen LogP contribution is 2.33. The van der Waals surface area contributed by atoms with Crippen molar-refractivity contribution in [3.05, 3.63) is 47.7 Å². The number of ether oxygens (including phenoxy) is 1. The molecule has 0 spiro atoms. The Morgan fingerprint density at radius 1 is 1.32 bits per heavy atom. The van der Waals surface area contributed by atoms with Gasteiger partial charge in [0.2, 0.25) is 5.91 Å². The molecule has 1 aromatic heterocycles. The van der Waals surface area contributed by atoms with Crippen molar-refractivity contribution < 1.29 is 14.6 Å². The third-order valence-electron chi connectivity index (χ3n) is 4.47. The number of phenolic OH excluding ortho intramolecular Hbond substituents is 1. The Hall–Kier alpha value is -3.06. The maximum absolute atomic E-state index is 11.5. The number of carbonyl (C=O) groups excluding carboxylic acids is 1. The minimum absolute atomic E-state index is 0.00682. The third-order valence-corrected chi connectivity index (χ3v) is 4.78. The fourth-order valence-electron chi connectivity index (χ4n) is 2.65. The van der Waals surface area contributed by atoms with E-state index in [9.17, 15) is 9.90 Å². The van der Waals surface area contributed by atoms with Gasteiger partial charge in [0.1, 0.15) is 30.3 Å². The summed E-state index contributed by atoms with van der Waals surface area (Å²) in [6, 6.07) is 10.3. The first kappa shape index (κ1) is 19.7. The Morgan fingerprint density at radius 2 is 2.11 bits per heavy atom. The van der Waals surface area contributed by atoms with Crippen LogP contribution in [0, 0.1) is 0 Å². The molecule has 2 N–H and O–H groups in total. The smallest absolute Gasteiger partial charge is 0.219 e. The first-order chi connectivity index (χ1) is 13.4. The van der Waals surface area contributed by atoms with E-state index in [4.69, 9.17) is 16.3 Å². The Labute approximate surface area is 167 Å². The van der Waals surface area contributed by atoms with Crippen molar-refractivity contribution in [2.45, 2.75) is 19.9 Å². The number of aromatic nitrogens is 2. The van der Waals surface area contributed by atoms with E-state index < -0.39 is 0 Å². The lowest BCUT2D eigenvalue weighted by Gasteiger charge is -2.24. The molecule has 0 unspecified atom stereocenters. The van der Waals surface area contributed by atoms with Gasteiger partial charge < -0.3 is 20.1 Å². The highest BCUT2D eigenvalue weighted by molar-refractivity contribution is 6.32. The Bertz CT molecular complexity index is 1010. The molecular formula is C20H21ClN4O3. The van der Waals surface area contributed by atoms with Gasteiger partial charge in [-0.3, -0.25) is 4.79 Å². The molecule has 28 heavy (non-hydrogen) atoms. The summed E-state index contributed by atoms with van der Waals surface area (Å²) in [6.07, 6.45) is 1.46. The van der Waals surface area contributed by atoms with E-state index >= 15 is 0 Å². The van der Waals surface area contributed by atoms with Crippen molar-refractivity contribution in [3.8, 4) is 11.5 Å². The van der Waals surface area contributed by atoms with E-state index in [-0.39, 0.29) is 22.7 Å². The molecule has 3 rings (SSSR count). The molecule has 0 aliphatic carbocycles. The zero-order valence-electron chi connectivity index (χ0n) is 15.8. The van der Waals surface area contributed by atoms with Crippen LogP contribution in [-0.2, 0) is 4.79 Å². The highest BCUT2D eigenvalue weighted by Gasteiger charge is 2.15. The number of hydrogen-bond acceptors (Lipinski definition) is 6. The molecule has 7 nitrogen and oxygen atoms in total. The van der Waals surface area contributed by atoms with Gasteiger partial charge in [-0.2, -0.15) is 0 Å². The van der Waals surface area contributed by atoms with E-state index in [1.807, 2.05) is 25.1 Å². The monoisotopic (exact) mass is 400 g/mol. The molecule has 1 amide bonds. The molecule has 2 aromatic carbocycles. The minimum atomic E-state index is -0.0929. The topological polar surface area (TPSA) is 87.6 Å². The summed E-state index contributed by atoms with van der Waals surface area (Å²) in [6.45, 7) is 3.77. The van der Waals surface area contributed by atoms with Crippen LogP contribution in [-0.4, -0.2) is 45.6 Å². The van der Waals surface area contributed by atoms with Crippen LogP contribution in [0.4, 0.5) is 11.5 Å².